The Kier molecular flexibility index (Phi) is 4.57. The normalized spacial score (nSPS) is 11.6. The van der Waals surface area contributed by atoms with Crippen molar-refractivity contribution in [3.63, 3.8) is 0 Å². The first kappa shape index (κ1) is 13.6. The number of hydrogen-bond donors (Lipinski definition) is 0. The van der Waals surface area contributed by atoms with Gasteiger partial charge < -0.3 is 0 Å². The van der Waals surface area contributed by atoms with Crippen LogP contribution < -0.4 is 0 Å². The summed E-state index contributed by atoms with van der Waals surface area (Å²) in [6.07, 6.45) is 1.90. The summed E-state index contributed by atoms with van der Waals surface area (Å²) in [5, 5.41) is 22.5. The first-order chi connectivity index (χ1) is 8.12. The summed E-state index contributed by atoms with van der Waals surface area (Å²) < 4.78 is 0. The van der Waals surface area contributed by atoms with Crippen LogP contribution in [0.15, 0.2) is 35.1 Å². The lowest BCUT2D eigenvalue weighted by Gasteiger charge is -2.21. The van der Waals surface area contributed by atoms with Gasteiger partial charge in [0.05, 0.1) is 12.1 Å². The van der Waals surface area contributed by atoms with Crippen LogP contribution in [0, 0.1) is 28.1 Å². The fraction of sp³-hybridized carbons (Fsp3) is 0.231. The van der Waals surface area contributed by atoms with E-state index >= 15 is 0 Å². The van der Waals surface area contributed by atoms with Gasteiger partial charge >= 0.3 is 0 Å². The van der Waals surface area contributed by atoms with Crippen LogP contribution in [0.3, 0.4) is 0 Å². The van der Waals surface area contributed by atoms with Gasteiger partial charge in [0, 0.05) is 10.5 Å². The van der Waals surface area contributed by atoms with Gasteiger partial charge in [0.2, 0.25) is 0 Å². The molecule has 0 amide bonds. The molecule has 0 atom stereocenters. The molecule has 2 nitrogen and oxygen atoms in total. The van der Waals surface area contributed by atoms with Gasteiger partial charge in [-0.3, -0.25) is 0 Å². The first-order valence-corrected chi connectivity index (χ1v) is 7.05. The molecule has 0 N–H and O–H groups in total. The van der Waals surface area contributed by atoms with Gasteiger partial charge in [-0.15, -0.1) is 23.1 Å². The molecule has 0 saturated carbocycles. The lowest BCUT2D eigenvalue weighted by Crippen LogP contribution is -2.19. The van der Waals surface area contributed by atoms with Gasteiger partial charge in [-0.05, 0) is 35.6 Å². The Balaban J connectivity index is 3.29. The molecule has 86 valence electrons. The predicted octanol–water partition coefficient (Wildman–Crippen LogP) is 4.06. The molecule has 0 aromatic carbocycles. The van der Waals surface area contributed by atoms with E-state index in [1.165, 1.54) is 23.1 Å². The first-order valence-electron chi connectivity index (χ1n) is 4.88. The maximum Gasteiger partial charge on any atom is 0.190 e. The fourth-order valence-electron chi connectivity index (χ4n) is 1.47. The summed E-state index contributed by atoms with van der Waals surface area (Å²) in [4.78, 5) is 0.877. The summed E-state index contributed by atoms with van der Waals surface area (Å²) in [6.45, 7) is 5.72. The van der Waals surface area contributed by atoms with Crippen LogP contribution >= 0.6 is 23.1 Å². The van der Waals surface area contributed by atoms with Gasteiger partial charge in [0.25, 0.3) is 0 Å². The van der Waals surface area contributed by atoms with Crippen molar-refractivity contribution in [3.05, 3.63) is 40.0 Å². The summed E-state index contributed by atoms with van der Waals surface area (Å²) in [7, 11) is 0. The van der Waals surface area contributed by atoms with E-state index in [4.69, 9.17) is 0 Å². The molecule has 1 rings (SSSR count). The largest absolute Gasteiger partial charge is 0.196 e. The quantitative estimate of drug-likeness (QED) is 0.820. The van der Waals surface area contributed by atoms with Crippen molar-refractivity contribution in [2.24, 2.45) is 5.41 Å². The molecule has 0 fully saturated rings. The number of hydrogen-bond acceptors (Lipinski definition) is 4. The molecule has 0 bridgehead atoms. The number of thiophene rings is 1. The minimum Gasteiger partial charge on any atom is -0.196 e. The summed E-state index contributed by atoms with van der Waals surface area (Å²) in [6, 6.07) is 7.97. The van der Waals surface area contributed by atoms with Gasteiger partial charge in [-0.1, -0.05) is 12.6 Å². The second kappa shape index (κ2) is 5.72. The van der Waals surface area contributed by atoms with Crippen LogP contribution in [-0.4, -0.2) is 6.26 Å². The molecule has 0 saturated heterocycles. The molecule has 4 heteroatoms. The molecule has 1 aromatic heterocycles. The average Bonchev–Trinajstić information content (AvgIpc) is 2.85. The number of thioether (sulfide) groups is 1. The minimum absolute atomic E-state index is 0.556. The predicted molar refractivity (Wildman–Crippen MR) is 74.3 cm³/mol. The molecular weight excluding hydrogens is 248 g/mol. The highest BCUT2D eigenvalue weighted by molar-refractivity contribution is 8.01. The highest BCUT2D eigenvalue weighted by Crippen LogP contribution is 2.41. The van der Waals surface area contributed by atoms with Crippen LogP contribution in [0.2, 0.25) is 0 Å². The molecule has 0 radical (unpaired) electrons. The van der Waals surface area contributed by atoms with Crippen molar-refractivity contribution in [1.82, 2.24) is 0 Å². The maximum atomic E-state index is 9.36. The highest BCUT2D eigenvalue weighted by atomic mass is 32.2. The fourth-order valence-corrected chi connectivity index (χ4v) is 2.76. The minimum atomic E-state index is -1.26. The monoisotopic (exact) mass is 260 g/mol. The van der Waals surface area contributed by atoms with Crippen LogP contribution in [-0.2, 0) is 0 Å². The van der Waals surface area contributed by atoms with E-state index in [2.05, 4.69) is 18.7 Å². The van der Waals surface area contributed by atoms with Gasteiger partial charge in [-0.2, -0.15) is 10.5 Å². The lowest BCUT2D eigenvalue weighted by atomic mass is 9.77. The van der Waals surface area contributed by atoms with Gasteiger partial charge in [-0.25, -0.2) is 0 Å². The number of rotatable bonds is 4. The third-order valence-corrected chi connectivity index (χ3v) is 4.01. The molecule has 17 heavy (non-hydrogen) atoms. The third-order valence-electron chi connectivity index (χ3n) is 2.49. The number of nitrogens with zero attached hydrogens (tertiary/aromatic N) is 2. The zero-order valence-electron chi connectivity index (χ0n) is 9.73. The molecule has 1 aromatic rings. The lowest BCUT2D eigenvalue weighted by molar-refractivity contribution is 0.820. The SMILES string of the molecule is C=C(c1cccs1)C(C#N)(C#N)/C(C)=C/SC. The Bertz CT molecular complexity index is 499. The average molecular weight is 260 g/mol. The molecule has 0 aliphatic carbocycles. The van der Waals surface area contributed by atoms with Gasteiger partial charge in [0.1, 0.15) is 0 Å². The smallest absolute Gasteiger partial charge is 0.190 e. The highest BCUT2D eigenvalue weighted by Gasteiger charge is 2.36. The van der Waals surface area contributed by atoms with Crippen LogP contribution in [0.1, 0.15) is 11.8 Å². The topological polar surface area (TPSA) is 47.6 Å². The molecule has 0 unspecified atom stereocenters. The molecular formula is C13H12N2S2. The summed E-state index contributed by atoms with van der Waals surface area (Å²) in [5.74, 6) is 0. The second-order valence-corrected chi connectivity index (χ2v) is 5.12. The Hall–Kier alpha value is -1.49. The van der Waals surface area contributed by atoms with Crippen LogP contribution in [0.4, 0.5) is 0 Å². The van der Waals surface area contributed by atoms with E-state index in [0.717, 1.165) is 4.88 Å². The second-order valence-electron chi connectivity index (χ2n) is 3.47. The Morgan fingerprint density at radius 2 is 2.18 bits per heavy atom. The Morgan fingerprint density at radius 1 is 1.53 bits per heavy atom. The number of allylic oxidation sites excluding steroid dienone is 2. The van der Waals surface area contributed by atoms with Crippen LogP contribution in [0.5, 0.6) is 0 Å². The van der Waals surface area contributed by atoms with E-state index in [-0.39, 0.29) is 0 Å². The summed E-state index contributed by atoms with van der Waals surface area (Å²) >= 11 is 2.97. The Morgan fingerprint density at radius 3 is 2.59 bits per heavy atom. The zero-order chi connectivity index (χ0) is 12.9. The van der Waals surface area contributed by atoms with Crippen molar-refractivity contribution in [3.8, 4) is 12.1 Å². The van der Waals surface area contributed by atoms with Crippen LogP contribution in [0.25, 0.3) is 5.57 Å². The Labute approximate surface area is 110 Å². The molecule has 0 aliphatic heterocycles. The molecule has 1 heterocycles. The van der Waals surface area contributed by atoms with Crippen molar-refractivity contribution in [1.29, 1.82) is 10.5 Å². The van der Waals surface area contributed by atoms with E-state index in [0.29, 0.717) is 11.1 Å². The number of nitriles is 2. The van der Waals surface area contributed by atoms with Crippen molar-refractivity contribution in [2.45, 2.75) is 6.92 Å². The third kappa shape index (κ3) is 2.44. The summed E-state index contributed by atoms with van der Waals surface area (Å²) in [5.41, 5.74) is 0.0159. The van der Waals surface area contributed by atoms with Gasteiger partial charge in [0.15, 0.2) is 5.41 Å². The van der Waals surface area contributed by atoms with E-state index < -0.39 is 5.41 Å². The molecule has 0 spiro atoms. The maximum absolute atomic E-state index is 9.36. The van der Waals surface area contributed by atoms with E-state index in [9.17, 15) is 10.5 Å². The van der Waals surface area contributed by atoms with E-state index in [1.54, 1.807) is 6.92 Å². The van der Waals surface area contributed by atoms with Crippen molar-refractivity contribution >= 4 is 28.7 Å². The molecule has 0 aliphatic rings. The van der Waals surface area contributed by atoms with E-state index in [1.807, 2.05) is 29.2 Å². The standard InChI is InChI=1S/C13H12N2S2/c1-10(7-16-3)13(8-14,9-15)11(2)12-5-4-6-17-12/h4-7H,2H2,1,3H3/b10-7+. The zero-order valence-corrected chi connectivity index (χ0v) is 11.4. The van der Waals surface area contributed by atoms with Crippen molar-refractivity contribution in [2.75, 3.05) is 6.26 Å². The van der Waals surface area contributed by atoms with Crippen molar-refractivity contribution < 1.29 is 0 Å².